The van der Waals surface area contributed by atoms with Gasteiger partial charge >= 0.3 is 0 Å². The Balaban J connectivity index is 2.23. The van der Waals surface area contributed by atoms with Gasteiger partial charge in [0.25, 0.3) is 0 Å². The summed E-state index contributed by atoms with van der Waals surface area (Å²) in [5.74, 6) is 1.53. The molecule has 0 spiro atoms. The molecule has 0 radical (unpaired) electrons. The molecular weight excluding hydrogens is 166 g/mol. The van der Waals surface area contributed by atoms with Crippen LogP contribution < -0.4 is 5.32 Å². The van der Waals surface area contributed by atoms with Crippen molar-refractivity contribution < 1.29 is 4.52 Å². The number of rotatable bonds is 2. The molecule has 1 atom stereocenters. The van der Waals surface area contributed by atoms with Crippen molar-refractivity contribution in [3.63, 3.8) is 0 Å². The van der Waals surface area contributed by atoms with Crippen LogP contribution in [0.15, 0.2) is 4.52 Å². The molecular formula is C9H15N3O. The Morgan fingerprint density at radius 1 is 1.62 bits per heavy atom. The van der Waals surface area contributed by atoms with Crippen LogP contribution in [0.5, 0.6) is 0 Å². The Morgan fingerprint density at radius 2 is 2.46 bits per heavy atom. The molecule has 0 amide bonds. The summed E-state index contributed by atoms with van der Waals surface area (Å²) >= 11 is 0. The van der Waals surface area contributed by atoms with Gasteiger partial charge in [0.2, 0.25) is 5.89 Å². The molecule has 0 aromatic carbocycles. The first-order valence-corrected chi connectivity index (χ1v) is 4.83. The van der Waals surface area contributed by atoms with Crippen molar-refractivity contribution in [2.45, 2.75) is 38.6 Å². The summed E-state index contributed by atoms with van der Waals surface area (Å²) in [6.07, 6.45) is 3.10. The first-order chi connectivity index (χ1) is 6.24. The molecule has 1 saturated heterocycles. The van der Waals surface area contributed by atoms with Crippen LogP contribution in [0.4, 0.5) is 0 Å². The van der Waals surface area contributed by atoms with Crippen LogP contribution in [0.25, 0.3) is 0 Å². The first-order valence-electron chi connectivity index (χ1n) is 4.83. The van der Waals surface area contributed by atoms with Crippen molar-refractivity contribution in [3.8, 4) is 0 Å². The summed E-state index contributed by atoms with van der Waals surface area (Å²) in [5, 5.41) is 7.29. The minimum absolute atomic E-state index is 0.0829. The van der Waals surface area contributed by atoms with E-state index in [0.29, 0.717) is 0 Å². The minimum atomic E-state index is -0.0829. The molecule has 1 aromatic rings. The van der Waals surface area contributed by atoms with Gasteiger partial charge in [0, 0.05) is 6.42 Å². The third-order valence-electron chi connectivity index (χ3n) is 2.63. The average Bonchev–Trinajstić information content (AvgIpc) is 2.72. The van der Waals surface area contributed by atoms with E-state index < -0.39 is 0 Å². The Morgan fingerprint density at radius 3 is 3.00 bits per heavy atom. The maximum absolute atomic E-state index is 5.22. The lowest BCUT2D eigenvalue weighted by molar-refractivity contribution is 0.274. The summed E-state index contributed by atoms with van der Waals surface area (Å²) in [6.45, 7) is 5.19. The number of hydrogen-bond donors (Lipinski definition) is 1. The van der Waals surface area contributed by atoms with Crippen molar-refractivity contribution in [2.24, 2.45) is 0 Å². The molecule has 13 heavy (non-hydrogen) atoms. The Bertz CT molecular complexity index is 289. The van der Waals surface area contributed by atoms with E-state index in [1.54, 1.807) is 0 Å². The highest BCUT2D eigenvalue weighted by molar-refractivity contribution is 5.04. The highest BCUT2D eigenvalue weighted by Gasteiger charge is 2.35. The predicted octanol–water partition coefficient (Wildman–Crippen LogP) is 1.23. The summed E-state index contributed by atoms with van der Waals surface area (Å²) in [6, 6.07) is 0. The SMILES string of the molecule is CCc1noc(C2(C)CCCN2)n1. The van der Waals surface area contributed by atoms with Crippen molar-refractivity contribution in [2.75, 3.05) is 6.54 Å². The molecule has 2 heterocycles. The van der Waals surface area contributed by atoms with E-state index >= 15 is 0 Å². The van der Waals surface area contributed by atoms with Gasteiger partial charge in [-0.2, -0.15) is 4.98 Å². The Labute approximate surface area is 77.7 Å². The summed E-state index contributed by atoms with van der Waals surface area (Å²) < 4.78 is 5.22. The van der Waals surface area contributed by atoms with Gasteiger partial charge in [-0.3, -0.25) is 0 Å². The van der Waals surface area contributed by atoms with Crippen LogP contribution in [0.3, 0.4) is 0 Å². The van der Waals surface area contributed by atoms with Crippen LogP contribution in [0.2, 0.25) is 0 Å². The van der Waals surface area contributed by atoms with Crippen molar-refractivity contribution in [1.82, 2.24) is 15.5 Å². The van der Waals surface area contributed by atoms with Gasteiger partial charge in [0.1, 0.15) is 0 Å². The Hall–Kier alpha value is -0.900. The van der Waals surface area contributed by atoms with E-state index in [4.69, 9.17) is 4.52 Å². The highest BCUT2D eigenvalue weighted by atomic mass is 16.5. The van der Waals surface area contributed by atoms with Gasteiger partial charge in [-0.1, -0.05) is 12.1 Å². The molecule has 0 saturated carbocycles. The van der Waals surface area contributed by atoms with Crippen molar-refractivity contribution in [1.29, 1.82) is 0 Å². The normalized spacial score (nSPS) is 28.2. The van der Waals surface area contributed by atoms with Crippen LogP contribution in [0, 0.1) is 0 Å². The Kier molecular flexibility index (Phi) is 2.07. The highest BCUT2D eigenvalue weighted by Crippen LogP contribution is 2.28. The number of aromatic nitrogens is 2. The summed E-state index contributed by atoms with van der Waals surface area (Å²) in [4.78, 5) is 4.34. The van der Waals surface area contributed by atoms with Crippen LogP contribution in [-0.4, -0.2) is 16.7 Å². The number of nitrogens with one attached hydrogen (secondary N) is 1. The minimum Gasteiger partial charge on any atom is -0.337 e. The number of aryl methyl sites for hydroxylation is 1. The third kappa shape index (κ3) is 1.46. The lowest BCUT2D eigenvalue weighted by Gasteiger charge is -2.18. The van der Waals surface area contributed by atoms with Crippen LogP contribution in [0.1, 0.15) is 38.4 Å². The number of hydrogen-bond acceptors (Lipinski definition) is 4. The zero-order chi connectivity index (χ0) is 9.31. The monoisotopic (exact) mass is 181 g/mol. The fourth-order valence-electron chi connectivity index (χ4n) is 1.70. The largest absolute Gasteiger partial charge is 0.337 e. The van der Waals surface area contributed by atoms with E-state index in [9.17, 15) is 0 Å². The molecule has 4 nitrogen and oxygen atoms in total. The molecule has 1 aliphatic heterocycles. The predicted molar refractivity (Wildman–Crippen MR) is 48.3 cm³/mol. The first kappa shape index (κ1) is 8.69. The average molecular weight is 181 g/mol. The zero-order valence-electron chi connectivity index (χ0n) is 8.13. The summed E-state index contributed by atoms with van der Waals surface area (Å²) in [5.41, 5.74) is -0.0829. The fraction of sp³-hybridized carbons (Fsp3) is 0.778. The molecule has 1 unspecified atom stereocenters. The second kappa shape index (κ2) is 3.10. The molecule has 2 rings (SSSR count). The zero-order valence-corrected chi connectivity index (χ0v) is 8.13. The molecule has 1 aliphatic rings. The van der Waals surface area contributed by atoms with Gasteiger partial charge in [0.15, 0.2) is 5.82 Å². The maximum atomic E-state index is 5.22. The maximum Gasteiger partial charge on any atom is 0.246 e. The lowest BCUT2D eigenvalue weighted by atomic mass is 10.0. The van der Waals surface area contributed by atoms with Crippen molar-refractivity contribution in [3.05, 3.63) is 11.7 Å². The lowest BCUT2D eigenvalue weighted by Crippen LogP contribution is -2.33. The van der Waals surface area contributed by atoms with Gasteiger partial charge in [-0.25, -0.2) is 0 Å². The van der Waals surface area contributed by atoms with Gasteiger partial charge < -0.3 is 9.84 Å². The van der Waals surface area contributed by atoms with Gasteiger partial charge in [-0.15, -0.1) is 0 Å². The quantitative estimate of drug-likeness (QED) is 0.745. The molecule has 0 aliphatic carbocycles. The van der Waals surface area contributed by atoms with E-state index in [2.05, 4.69) is 22.4 Å². The van der Waals surface area contributed by atoms with Crippen LogP contribution in [-0.2, 0) is 12.0 Å². The van der Waals surface area contributed by atoms with Crippen molar-refractivity contribution >= 4 is 0 Å². The molecule has 1 fully saturated rings. The molecule has 4 heteroatoms. The molecule has 1 N–H and O–H groups in total. The van der Waals surface area contributed by atoms with E-state index in [-0.39, 0.29) is 5.54 Å². The van der Waals surface area contributed by atoms with E-state index in [0.717, 1.165) is 31.1 Å². The van der Waals surface area contributed by atoms with Gasteiger partial charge in [0.05, 0.1) is 5.54 Å². The van der Waals surface area contributed by atoms with E-state index in [1.165, 1.54) is 6.42 Å². The fourth-order valence-corrected chi connectivity index (χ4v) is 1.70. The summed E-state index contributed by atoms with van der Waals surface area (Å²) in [7, 11) is 0. The molecule has 1 aromatic heterocycles. The molecule has 0 bridgehead atoms. The third-order valence-corrected chi connectivity index (χ3v) is 2.63. The second-order valence-corrected chi connectivity index (χ2v) is 3.73. The number of nitrogens with zero attached hydrogens (tertiary/aromatic N) is 2. The van der Waals surface area contributed by atoms with Gasteiger partial charge in [-0.05, 0) is 26.3 Å². The smallest absolute Gasteiger partial charge is 0.246 e. The standard InChI is InChI=1S/C9H15N3O/c1-3-7-11-8(13-12-7)9(2)5-4-6-10-9/h10H,3-6H2,1-2H3. The topological polar surface area (TPSA) is 51.0 Å². The van der Waals surface area contributed by atoms with Crippen LogP contribution >= 0.6 is 0 Å². The van der Waals surface area contributed by atoms with E-state index in [1.807, 2.05) is 6.92 Å². The second-order valence-electron chi connectivity index (χ2n) is 3.73. The molecule has 72 valence electrons.